The minimum absolute atomic E-state index is 0. The summed E-state index contributed by atoms with van der Waals surface area (Å²) in [5, 5.41) is 18.9. The average Bonchev–Trinajstić information content (AvgIpc) is 2.54. The van der Waals surface area contributed by atoms with Crippen LogP contribution in [0.5, 0.6) is 5.75 Å². The van der Waals surface area contributed by atoms with Crippen LogP contribution in [0.1, 0.15) is 51.6 Å². The van der Waals surface area contributed by atoms with Crippen molar-refractivity contribution in [3.63, 3.8) is 0 Å². The summed E-state index contributed by atoms with van der Waals surface area (Å²) < 4.78 is 0. The Morgan fingerprint density at radius 1 is 0.913 bits per heavy atom. The SMILES string of the molecule is CCCC[O-].O=C1c2ccccc2C(=O)c2cc(O)ccc21.[Na+]. The average molecular weight is 320 g/mol. The Kier molecular flexibility index (Phi) is 7.65. The molecule has 0 atom stereocenters. The van der Waals surface area contributed by atoms with E-state index < -0.39 is 0 Å². The Morgan fingerprint density at radius 3 is 1.91 bits per heavy atom. The molecule has 0 unspecified atom stereocenters. The van der Waals surface area contributed by atoms with Crippen molar-refractivity contribution in [1.82, 2.24) is 0 Å². The predicted octanol–water partition coefficient (Wildman–Crippen LogP) is -0.682. The van der Waals surface area contributed by atoms with Crippen molar-refractivity contribution in [2.75, 3.05) is 6.61 Å². The van der Waals surface area contributed by atoms with Crippen LogP contribution in [0, 0.1) is 0 Å². The summed E-state index contributed by atoms with van der Waals surface area (Å²) in [6, 6.07) is 11.0. The molecule has 0 aliphatic heterocycles. The number of aromatic hydroxyl groups is 1. The van der Waals surface area contributed by atoms with E-state index in [2.05, 4.69) is 0 Å². The van der Waals surface area contributed by atoms with Crippen LogP contribution in [0.15, 0.2) is 42.5 Å². The normalized spacial score (nSPS) is 11.6. The molecule has 1 aliphatic rings. The minimum Gasteiger partial charge on any atom is -0.854 e. The quantitative estimate of drug-likeness (QED) is 0.635. The summed E-state index contributed by atoms with van der Waals surface area (Å²) in [6.45, 7) is 2.11. The van der Waals surface area contributed by atoms with Crippen LogP contribution in [0.4, 0.5) is 0 Å². The summed E-state index contributed by atoms with van der Waals surface area (Å²) in [5.41, 5.74) is 1.45. The van der Waals surface area contributed by atoms with E-state index in [9.17, 15) is 19.8 Å². The summed E-state index contributed by atoms with van der Waals surface area (Å²) >= 11 is 0. The molecule has 114 valence electrons. The number of carbonyl (C=O) groups excluding carboxylic acids is 2. The molecular weight excluding hydrogens is 303 g/mol. The molecular formula is C18H17NaO4. The van der Waals surface area contributed by atoms with Gasteiger partial charge in [0.2, 0.25) is 0 Å². The van der Waals surface area contributed by atoms with Crippen LogP contribution >= 0.6 is 0 Å². The fourth-order valence-electron chi connectivity index (χ4n) is 2.23. The van der Waals surface area contributed by atoms with Gasteiger partial charge in [-0.05, 0) is 18.2 Å². The summed E-state index contributed by atoms with van der Waals surface area (Å²) in [4.78, 5) is 24.3. The van der Waals surface area contributed by atoms with Crippen molar-refractivity contribution >= 4 is 11.6 Å². The fraction of sp³-hybridized carbons (Fsp3) is 0.222. The van der Waals surface area contributed by atoms with E-state index in [0.29, 0.717) is 16.7 Å². The Labute approximate surface area is 157 Å². The number of phenols is 1. The smallest absolute Gasteiger partial charge is 0.854 e. The molecule has 4 nitrogen and oxygen atoms in total. The minimum atomic E-state index is -0.217. The first-order valence-electron chi connectivity index (χ1n) is 7.19. The Bertz CT molecular complexity index is 708. The van der Waals surface area contributed by atoms with Crippen LogP contribution in [-0.2, 0) is 0 Å². The zero-order valence-electron chi connectivity index (χ0n) is 13.3. The van der Waals surface area contributed by atoms with Gasteiger partial charge < -0.3 is 10.2 Å². The number of ketones is 2. The van der Waals surface area contributed by atoms with Gasteiger partial charge in [0.25, 0.3) is 0 Å². The molecule has 23 heavy (non-hydrogen) atoms. The molecule has 0 saturated carbocycles. The standard InChI is InChI=1S/C14H8O3.C4H9O.Na/c15-8-5-6-11-12(7-8)14(17)10-4-2-1-3-9(10)13(11)16;1-2-3-4-5;/h1-7,15H;2-4H2,1H3;/q;-1;+1. The van der Waals surface area contributed by atoms with E-state index in [-0.39, 0.29) is 59.0 Å². The second kappa shape index (κ2) is 8.99. The second-order valence-corrected chi connectivity index (χ2v) is 4.99. The van der Waals surface area contributed by atoms with E-state index in [1.807, 2.05) is 6.92 Å². The van der Waals surface area contributed by atoms with Gasteiger partial charge in [0.05, 0.1) is 0 Å². The van der Waals surface area contributed by atoms with Gasteiger partial charge in [-0.25, -0.2) is 0 Å². The van der Waals surface area contributed by atoms with Gasteiger partial charge in [0, 0.05) is 22.3 Å². The predicted molar refractivity (Wildman–Crippen MR) is 81.2 cm³/mol. The van der Waals surface area contributed by atoms with Crippen LogP contribution in [0.25, 0.3) is 0 Å². The van der Waals surface area contributed by atoms with Gasteiger partial charge in [-0.3, -0.25) is 9.59 Å². The molecule has 1 N–H and O–H groups in total. The number of benzene rings is 2. The molecule has 3 rings (SSSR count). The molecule has 0 amide bonds. The van der Waals surface area contributed by atoms with Gasteiger partial charge in [-0.15, -0.1) is 6.61 Å². The van der Waals surface area contributed by atoms with E-state index in [4.69, 9.17) is 0 Å². The summed E-state index contributed by atoms with van der Waals surface area (Å²) in [7, 11) is 0. The Morgan fingerprint density at radius 2 is 1.43 bits per heavy atom. The molecule has 1 aliphatic carbocycles. The van der Waals surface area contributed by atoms with E-state index in [1.165, 1.54) is 18.2 Å². The second-order valence-electron chi connectivity index (χ2n) is 4.99. The monoisotopic (exact) mass is 320 g/mol. The van der Waals surface area contributed by atoms with Crippen molar-refractivity contribution in [1.29, 1.82) is 0 Å². The van der Waals surface area contributed by atoms with Crippen LogP contribution in [-0.4, -0.2) is 23.3 Å². The number of hydrogen-bond donors (Lipinski definition) is 1. The largest absolute Gasteiger partial charge is 1.00 e. The Balaban J connectivity index is 0.000000390. The topological polar surface area (TPSA) is 77.4 Å². The van der Waals surface area contributed by atoms with Crippen molar-refractivity contribution < 1.29 is 49.4 Å². The van der Waals surface area contributed by atoms with Crippen LogP contribution in [0.2, 0.25) is 0 Å². The maximum Gasteiger partial charge on any atom is 1.00 e. The van der Waals surface area contributed by atoms with Gasteiger partial charge >= 0.3 is 29.6 Å². The van der Waals surface area contributed by atoms with Crippen LogP contribution in [0.3, 0.4) is 0 Å². The zero-order valence-corrected chi connectivity index (χ0v) is 15.3. The van der Waals surface area contributed by atoms with Crippen molar-refractivity contribution in [2.45, 2.75) is 19.8 Å². The number of phenolic OH excluding ortho intramolecular Hbond substituents is 1. The third kappa shape index (κ3) is 4.30. The molecule has 0 spiro atoms. The third-order valence-electron chi connectivity index (χ3n) is 3.41. The number of hydrogen-bond acceptors (Lipinski definition) is 4. The first kappa shape index (κ1) is 19.6. The van der Waals surface area contributed by atoms with Crippen molar-refractivity contribution in [3.05, 3.63) is 64.7 Å². The van der Waals surface area contributed by atoms with Gasteiger partial charge in [0.15, 0.2) is 11.6 Å². The maximum absolute atomic E-state index is 12.1. The molecule has 0 radical (unpaired) electrons. The molecule has 0 bridgehead atoms. The fourth-order valence-corrected chi connectivity index (χ4v) is 2.23. The number of fused-ring (bicyclic) bond motifs is 2. The number of rotatable bonds is 2. The van der Waals surface area contributed by atoms with Gasteiger partial charge in [0.1, 0.15) is 5.75 Å². The molecule has 0 heterocycles. The maximum atomic E-state index is 12.1. The summed E-state index contributed by atoms with van der Waals surface area (Å²) in [5.74, 6) is -0.398. The van der Waals surface area contributed by atoms with E-state index >= 15 is 0 Å². The van der Waals surface area contributed by atoms with Gasteiger partial charge in [-0.1, -0.05) is 44.0 Å². The third-order valence-corrected chi connectivity index (χ3v) is 3.41. The van der Waals surface area contributed by atoms with E-state index in [1.54, 1.807) is 24.3 Å². The molecule has 2 aromatic rings. The van der Waals surface area contributed by atoms with Crippen molar-refractivity contribution in [3.8, 4) is 5.75 Å². The van der Waals surface area contributed by atoms with Crippen molar-refractivity contribution in [2.24, 2.45) is 0 Å². The molecule has 0 fully saturated rings. The molecule has 5 heteroatoms. The molecule has 0 aromatic heterocycles. The zero-order chi connectivity index (χ0) is 16.1. The summed E-state index contributed by atoms with van der Waals surface area (Å²) in [6.07, 6.45) is 1.86. The first-order valence-corrected chi connectivity index (χ1v) is 7.19. The Hall–Kier alpha value is -1.46. The molecule has 2 aromatic carbocycles. The number of carbonyl (C=O) groups is 2. The first-order chi connectivity index (χ1) is 10.6. The number of unbranched alkanes of at least 4 members (excludes halogenated alkanes) is 1. The van der Waals surface area contributed by atoms with Gasteiger partial charge in [-0.2, -0.15) is 0 Å². The van der Waals surface area contributed by atoms with Crippen LogP contribution < -0.4 is 34.7 Å². The molecule has 0 saturated heterocycles. The van der Waals surface area contributed by atoms with E-state index in [0.717, 1.165) is 12.8 Å².